The van der Waals surface area contributed by atoms with Crippen molar-refractivity contribution in [3.8, 4) is 17.1 Å². The van der Waals surface area contributed by atoms with Crippen molar-refractivity contribution >= 4 is 0 Å². The second kappa shape index (κ2) is 6.22. The van der Waals surface area contributed by atoms with Crippen molar-refractivity contribution < 1.29 is 5.11 Å². The summed E-state index contributed by atoms with van der Waals surface area (Å²) in [5, 5.41) is 10.1. The van der Waals surface area contributed by atoms with E-state index in [0.29, 0.717) is 17.6 Å². The van der Waals surface area contributed by atoms with Gasteiger partial charge in [-0.15, -0.1) is 0 Å². The lowest BCUT2D eigenvalue weighted by Crippen LogP contribution is -2.36. The van der Waals surface area contributed by atoms with E-state index in [1.807, 2.05) is 12.1 Å². The van der Waals surface area contributed by atoms with Crippen LogP contribution in [-0.2, 0) is 6.54 Å². The Morgan fingerprint density at radius 3 is 2.81 bits per heavy atom. The van der Waals surface area contributed by atoms with Gasteiger partial charge in [-0.3, -0.25) is 4.90 Å². The first-order valence-corrected chi connectivity index (χ1v) is 7.57. The van der Waals surface area contributed by atoms with Crippen LogP contribution in [0.5, 0.6) is 5.75 Å². The van der Waals surface area contributed by atoms with E-state index in [-0.39, 0.29) is 0 Å². The highest BCUT2D eigenvalue weighted by Gasteiger charge is 2.19. The standard InChI is InChI=1S/C17H21N3O/c1-13-5-2-3-10-20(13)12-15-11-14(6-7-16(15)21)17-18-8-4-9-19-17/h4,6-9,11,13,21H,2-3,5,10,12H2,1H3. The second-order valence-electron chi connectivity index (χ2n) is 5.73. The van der Waals surface area contributed by atoms with Crippen LogP contribution in [0.4, 0.5) is 0 Å². The van der Waals surface area contributed by atoms with Gasteiger partial charge in [0.1, 0.15) is 5.75 Å². The van der Waals surface area contributed by atoms with Crippen molar-refractivity contribution in [1.82, 2.24) is 14.9 Å². The summed E-state index contributed by atoms with van der Waals surface area (Å²) in [6, 6.07) is 8.00. The second-order valence-corrected chi connectivity index (χ2v) is 5.73. The van der Waals surface area contributed by atoms with E-state index in [4.69, 9.17) is 0 Å². The van der Waals surface area contributed by atoms with Crippen molar-refractivity contribution in [1.29, 1.82) is 0 Å². The average Bonchev–Trinajstić information content (AvgIpc) is 2.52. The summed E-state index contributed by atoms with van der Waals surface area (Å²) in [5.74, 6) is 1.05. The molecule has 110 valence electrons. The molecular formula is C17H21N3O. The van der Waals surface area contributed by atoms with Crippen molar-refractivity contribution in [3.05, 3.63) is 42.2 Å². The minimum Gasteiger partial charge on any atom is -0.508 e. The molecule has 0 bridgehead atoms. The minimum absolute atomic E-state index is 0.354. The van der Waals surface area contributed by atoms with Crippen molar-refractivity contribution in [2.45, 2.75) is 38.8 Å². The van der Waals surface area contributed by atoms with Crippen molar-refractivity contribution in [2.75, 3.05) is 6.54 Å². The molecule has 0 spiro atoms. The third kappa shape index (κ3) is 3.22. The fraction of sp³-hybridized carbons (Fsp3) is 0.412. The van der Waals surface area contributed by atoms with Crippen LogP contribution in [0, 0.1) is 0 Å². The quantitative estimate of drug-likeness (QED) is 0.939. The molecule has 1 aromatic carbocycles. The summed E-state index contributed by atoms with van der Waals surface area (Å²) >= 11 is 0. The van der Waals surface area contributed by atoms with Crippen molar-refractivity contribution in [2.24, 2.45) is 0 Å². The molecule has 1 unspecified atom stereocenters. The molecule has 0 radical (unpaired) electrons. The van der Waals surface area contributed by atoms with Gasteiger partial charge in [-0.05, 0) is 50.6 Å². The smallest absolute Gasteiger partial charge is 0.159 e. The van der Waals surface area contributed by atoms with Crippen molar-refractivity contribution in [3.63, 3.8) is 0 Å². The lowest BCUT2D eigenvalue weighted by molar-refractivity contribution is 0.151. The van der Waals surface area contributed by atoms with Gasteiger partial charge in [-0.2, -0.15) is 0 Å². The first-order chi connectivity index (χ1) is 10.2. The summed E-state index contributed by atoms with van der Waals surface area (Å²) < 4.78 is 0. The highest BCUT2D eigenvalue weighted by atomic mass is 16.3. The molecule has 1 aliphatic heterocycles. The molecule has 21 heavy (non-hydrogen) atoms. The lowest BCUT2D eigenvalue weighted by atomic mass is 10.0. The summed E-state index contributed by atoms with van der Waals surface area (Å²) in [7, 11) is 0. The highest BCUT2D eigenvalue weighted by Crippen LogP contribution is 2.27. The van der Waals surface area contributed by atoms with Gasteiger partial charge in [0.2, 0.25) is 0 Å². The molecule has 1 atom stereocenters. The minimum atomic E-state index is 0.354. The van der Waals surface area contributed by atoms with E-state index in [1.54, 1.807) is 24.5 Å². The zero-order valence-corrected chi connectivity index (χ0v) is 12.4. The molecule has 1 N–H and O–H groups in total. The van der Waals surface area contributed by atoms with Crippen LogP contribution >= 0.6 is 0 Å². The monoisotopic (exact) mass is 283 g/mol. The van der Waals surface area contributed by atoms with Crippen LogP contribution in [0.1, 0.15) is 31.7 Å². The topological polar surface area (TPSA) is 49.2 Å². The van der Waals surface area contributed by atoms with Gasteiger partial charge in [0.25, 0.3) is 0 Å². The van der Waals surface area contributed by atoms with E-state index >= 15 is 0 Å². The van der Waals surface area contributed by atoms with Gasteiger partial charge in [-0.25, -0.2) is 9.97 Å². The lowest BCUT2D eigenvalue weighted by Gasteiger charge is -2.33. The Kier molecular flexibility index (Phi) is 4.15. The fourth-order valence-corrected chi connectivity index (χ4v) is 2.91. The summed E-state index contributed by atoms with van der Waals surface area (Å²) in [6.45, 7) is 4.15. The highest BCUT2D eigenvalue weighted by molar-refractivity contribution is 5.58. The Morgan fingerprint density at radius 1 is 1.24 bits per heavy atom. The van der Waals surface area contributed by atoms with E-state index in [9.17, 15) is 5.11 Å². The zero-order valence-electron chi connectivity index (χ0n) is 12.4. The number of phenolic OH excluding ortho intramolecular Hbond substituents is 1. The first-order valence-electron chi connectivity index (χ1n) is 7.57. The van der Waals surface area contributed by atoms with Crippen LogP contribution in [0.15, 0.2) is 36.7 Å². The number of piperidine rings is 1. The van der Waals surface area contributed by atoms with Gasteiger partial charge < -0.3 is 5.11 Å². The van der Waals surface area contributed by atoms with E-state index in [2.05, 4.69) is 21.8 Å². The molecular weight excluding hydrogens is 262 g/mol. The number of aromatic hydroxyl groups is 1. The predicted molar refractivity (Wildman–Crippen MR) is 82.9 cm³/mol. The van der Waals surface area contributed by atoms with E-state index < -0.39 is 0 Å². The number of aromatic nitrogens is 2. The Labute approximate surface area is 125 Å². The first kappa shape index (κ1) is 14.0. The maximum Gasteiger partial charge on any atom is 0.159 e. The van der Waals surface area contributed by atoms with Crippen LogP contribution < -0.4 is 0 Å². The molecule has 1 fully saturated rings. The largest absolute Gasteiger partial charge is 0.508 e. The van der Waals surface area contributed by atoms with Crippen LogP contribution in [0.2, 0.25) is 0 Å². The molecule has 0 amide bonds. The third-order valence-electron chi connectivity index (χ3n) is 4.22. The summed E-state index contributed by atoms with van der Waals surface area (Å²) in [4.78, 5) is 11.0. The van der Waals surface area contributed by atoms with Crippen LogP contribution in [0.3, 0.4) is 0 Å². The molecule has 3 rings (SSSR count). The molecule has 2 aromatic rings. The number of phenols is 1. The molecule has 0 aliphatic carbocycles. The number of benzene rings is 1. The van der Waals surface area contributed by atoms with Gasteiger partial charge in [0.05, 0.1) is 0 Å². The Balaban J connectivity index is 1.84. The number of nitrogens with zero attached hydrogens (tertiary/aromatic N) is 3. The van der Waals surface area contributed by atoms with Gasteiger partial charge in [0, 0.05) is 36.1 Å². The number of hydrogen-bond acceptors (Lipinski definition) is 4. The molecule has 1 aromatic heterocycles. The maximum absolute atomic E-state index is 10.1. The van der Waals surface area contributed by atoms with E-state index in [1.165, 1.54) is 19.3 Å². The normalized spacial score (nSPS) is 19.6. The molecule has 4 heteroatoms. The molecule has 2 heterocycles. The van der Waals surface area contributed by atoms with Crippen LogP contribution in [0.25, 0.3) is 11.4 Å². The summed E-state index contributed by atoms with van der Waals surface area (Å²) in [6.07, 6.45) is 7.26. The molecule has 1 saturated heterocycles. The SMILES string of the molecule is CC1CCCCN1Cc1cc(-c2ncccn2)ccc1O. The van der Waals surface area contributed by atoms with Gasteiger partial charge >= 0.3 is 0 Å². The predicted octanol–water partition coefficient (Wildman–Crippen LogP) is 3.22. The van der Waals surface area contributed by atoms with Gasteiger partial charge in [0.15, 0.2) is 5.82 Å². The van der Waals surface area contributed by atoms with Gasteiger partial charge in [-0.1, -0.05) is 6.42 Å². The number of likely N-dealkylation sites (tertiary alicyclic amines) is 1. The number of hydrogen-bond donors (Lipinski definition) is 1. The fourth-order valence-electron chi connectivity index (χ4n) is 2.91. The Hall–Kier alpha value is -1.94. The number of rotatable bonds is 3. The molecule has 0 saturated carbocycles. The third-order valence-corrected chi connectivity index (χ3v) is 4.22. The maximum atomic E-state index is 10.1. The van der Waals surface area contributed by atoms with Crippen LogP contribution in [-0.4, -0.2) is 32.6 Å². The molecule has 1 aliphatic rings. The average molecular weight is 283 g/mol. The Morgan fingerprint density at radius 2 is 2.05 bits per heavy atom. The molecule has 4 nitrogen and oxygen atoms in total. The zero-order chi connectivity index (χ0) is 14.7. The Bertz CT molecular complexity index is 600. The van der Waals surface area contributed by atoms with E-state index in [0.717, 1.165) is 24.2 Å². The summed E-state index contributed by atoms with van der Waals surface area (Å²) in [5.41, 5.74) is 1.90.